The fourth-order valence-corrected chi connectivity index (χ4v) is 1.52. The molecule has 1 rings (SSSR count). The summed E-state index contributed by atoms with van der Waals surface area (Å²) in [7, 11) is 0. The number of hydrogen-bond donors (Lipinski definition) is 1. The number of β-amino-alcohol motifs (C(OH)–C–C–N with tert-alkyl or cyclic N) is 1. The smallest absolute Gasteiger partial charge is 0.240 e. The Morgan fingerprint density at radius 2 is 2.25 bits per heavy atom. The van der Waals surface area contributed by atoms with Gasteiger partial charge in [0.2, 0.25) is 5.91 Å². The third-order valence-corrected chi connectivity index (χ3v) is 2.41. The van der Waals surface area contributed by atoms with Crippen LogP contribution < -0.4 is 0 Å². The Labute approximate surface area is 77.3 Å². The van der Waals surface area contributed by atoms with Gasteiger partial charge in [-0.2, -0.15) is 0 Å². The molecule has 1 amide bonds. The molecule has 70 valence electrons. The van der Waals surface area contributed by atoms with Crippen LogP contribution >= 0.6 is 11.6 Å². The van der Waals surface area contributed by atoms with Crippen molar-refractivity contribution in [2.45, 2.75) is 25.3 Å². The van der Waals surface area contributed by atoms with E-state index in [-0.39, 0.29) is 17.9 Å². The second kappa shape index (κ2) is 3.62. The van der Waals surface area contributed by atoms with Crippen molar-refractivity contribution < 1.29 is 9.90 Å². The van der Waals surface area contributed by atoms with Crippen LogP contribution in [0.3, 0.4) is 0 Å². The Morgan fingerprint density at radius 3 is 2.58 bits per heavy atom. The zero-order valence-electron chi connectivity index (χ0n) is 7.33. The van der Waals surface area contributed by atoms with Crippen LogP contribution in [0.25, 0.3) is 0 Å². The summed E-state index contributed by atoms with van der Waals surface area (Å²) in [5.74, 6) is 0.0874. The molecule has 0 bridgehead atoms. The lowest BCUT2D eigenvalue weighted by Crippen LogP contribution is -2.34. The number of halogens is 1. The van der Waals surface area contributed by atoms with Crippen molar-refractivity contribution in [1.29, 1.82) is 0 Å². The molecule has 0 aromatic heterocycles. The number of nitrogens with zero attached hydrogens (tertiary/aromatic N) is 1. The van der Waals surface area contributed by atoms with E-state index in [0.29, 0.717) is 13.1 Å². The zero-order valence-corrected chi connectivity index (χ0v) is 8.08. The number of carbonyl (C=O) groups excluding carboxylic acids is 1. The molecule has 3 nitrogen and oxygen atoms in total. The lowest BCUT2D eigenvalue weighted by molar-refractivity contribution is -0.129. The molecular formula is C8H14ClNO2. The summed E-state index contributed by atoms with van der Waals surface area (Å²) in [6.07, 6.45) is -0.385. The second-order valence-electron chi connectivity index (χ2n) is 3.40. The molecule has 1 saturated heterocycles. The molecule has 0 aromatic carbocycles. The predicted molar refractivity (Wildman–Crippen MR) is 47.1 cm³/mol. The number of rotatable bonds is 1. The molecule has 0 aromatic rings. The minimum Gasteiger partial charge on any atom is -0.391 e. The van der Waals surface area contributed by atoms with E-state index >= 15 is 0 Å². The van der Waals surface area contributed by atoms with Gasteiger partial charge in [-0.05, 0) is 6.92 Å². The van der Waals surface area contributed by atoms with Gasteiger partial charge in [0.1, 0.15) is 5.38 Å². The number of alkyl halides is 1. The first-order chi connectivity index (χ1) is 5.52. The third kappa shape index (κ3) is 1.90. The number of aliphatic hydroxyl groups excluding tert-OH is 1. The van der Waals surface area contributed by atoms with E-state index in [1.165, 1.54) is 0 Å². The van der Waals surface area contributed by atoms with Crippen molar-refractivity contribution in [3.63, 3.8) is 0 Å². The number of likely N-dealkylation sites (tertiary alicyclic amines) is 1. The monoisotopic (exact) mass is 191 g/mol. The third-order valence-electron chi connectivity index (χ3n) is 2.22. The maximum absolute atomic E-state index is 11.3. The van der Waals surface area contributed by atoms with Gasteiger partial charge in [-0.1, -0.05) is 6.92 Å². The lowest BCUT2D eigenvalue weighted by atomic mass is 10.1. The standard InChI is InChI=1S/C8H14ClNO2/c1-5-3-10(4-7(5)11)8(12)6(2)9/h5-7,11H,3-4H2,1-2H3. The number of amides is 1. The van der Waals surface area contributed by atoms with Gasteiger partial charge in [-0.15, -0.1) is 11.6 Å². The fraction of sp³-hybridized carbons (Fsp3) is 0.875. The molecule has 1 aliphatic rings. The molecule has 1 N–H and O–H groups in total. The minimum absolute atomic E-state index is 0.0833. The van der Waals surface area contributed by atoms with Crippen LogP contribution in [-0.4, -0.2) is 40.5 Å². The summed E-state index contributed by atoms with van der Waals surface area (Å²) in [6, 6.07) is 0. The molecule has 12 heavy (non-hydrogen) atoms. The second-order valence-corrected chi connectivity index (χ2v) is 4.06. The topological polar surface area (TPSA) is 40.5 Å². The van der Waals surface area contributed by atoms with E-state index in [2.05, 4.69) is 0 Å². The highest BCUT2D eigenvalue weighted by molar-refractivity contribution is 6.30. The molecule has 0 spiro atoms. The Morgan fingerprint density at radius 1 is 1.67 bits per heavy atom. The van der Waals surface area contributed by atoms with Crippen LogP contribution in [-0.2, 0) is 4.79 Å². The SMILES string of the molecule is CC(Cl)C(=O)N1CC(C)C(O)C1. The highest BCUT2D eigenvalue weighted by Gasteiger charge is 2.32. The normalized spacial score (nSPS) is 32.2. The van der Waals surface area contributed by atoms with Gasteiger partial charge in [-0.3, -0.25) is 4.79 Å². The Balaban J connectivity index is 2.52. The summed E-state index contributed by atoms with van der Waals surface area (Å²) < 4.78 is 0. The first kappa shape index (κ1) is 9.81. The summed E-state index contributed by atoms with van der Waals surface area (Å²) in [5, 5.41) is 8.88. The maximum atomic E-state index is 11.3. The van der Waals surface area contributed by atoms with Crippen molar-refractivity contribution in [2.75, 3.05) is 13.1 Å². The minimum atomic E-state index is -0.484. The van der Waals surface area contributed by atoms with Crippen LogP contribution in [0.4, 0.5) is 0 Å². The van der Waals surface area contributed by atoms with Crippen LogP contribution in [0.1, 0.15) is 13.8 Å². The van der Waals surface area contributed by atoms with Crippen molar-refractivity contribution in [2.24, 2.45) is 5.92 Å². The van der Waals surface area contributed by atoms with E-state index in [4.69, 9.17) is 11.6 Å². The maximum Gasteiger partial charge on any atom is 0.240 e. The van der Waals surface area contributed by atoms with E-state index in [0.717, 1.165) is 0 Å². The Bertz CT molecular complexity index is 174. The first-order valence-corrected chi connectivity index (χ1v) is 4.57. The van der Waals surface area contributed by atoms with Crippen LogP contribution in [0, 0.1) is 5.92 Å². The Kier molecular flexibility index (Phi) is 2.96. The predicted octanol–water partition coefficient (Wildman–Crippen LogP) is 0.453. The van der Waals surface area contributed by atoms with E-state index in [1.807, 2.05) is 6.92 Å². The Hall–Kier alpha value is -0.280. The van der Waals surface area contributed by atoms with Gasteiger partial charge in [-0.25, -0.2) is 0 Å². The molecule has 1 aliphatic heterocycles. The van der Waals surface area contributed by atoms with Crippen molar-refractivity contribution in [1.82, 2.24) is 4.90 Å². The lowest BCUT2D eigenvalue weighted by Gasteiger charge is -2.16. The average Bonchev–Trinajstić information content (AvgIpc) is 2.30. The van der Waals surface area contributed by atoms with Gasteiger partial charge in [0.15, 0.2) is 0 Å². The first-order valence-electron chi connectivity index (χ1n) is 4.13. The molecule has 1 heterocycles. The van der Waals surface area contributed by atoms with E-state index in [9.17, 15) is 9.90 Å². The van der Waals surface area contributed by atoms with E-state index in [1.54, 1.807) is 11.8 Å². The van der Waals surface area contributed by atoms with Gasteiger partial charge < -0.3 is 10.0 Å². The highest BCUT2D eigenvalue weighted by Crippen LogP contribution is 2.17. The van der Waals surface area contributed by atoms with Crippen LogP contribution in [0.2, 0.25) is 0 Å². The molecule has 4 heteroatoms. The van der Waals surface area contributed by atoms with Gasteiger partial charge >= 0.3 is 0 Å². The molecule has 0 aliphatic carbocycles. The van der Waals surface area contributed by atoms with Crippen LogP contribution in [0.5, 0.6) is 0 Å². The average molecular weight is 192 g/mol. The molecule has 0 saturated carbocycles. The van der Waals surface area contributed by atoms with Crippen molar-refractivity contribution in [3.8, 4) is 0 Å². The van der Waals surface area contributed by atoms with Gasteiger partial charge in [0, 0.05) is 19.0 Å². The van der Waals surface area contributed by atoms with Crippen molar-refractivity contribution >= 4 is 17.5 Å². The summed E-state index contributed by atoms with van der Waals surface area (Å²) in [4.78, 5) is 12.9. The van der Waals surface area contributed by atoms with Crippen molar-refractivity contribution in [3.05, 3.63) is 0 Å². The molecular weight excluding hydrogens is 178 g/mol. The number of hydrogen-bond acceptors (Lipinski definition) is 2. The molecule has 3 atom stereocenters. The number of aliphatic hydroxyl groups is 1. The largest absolute Gasteiger partial charge is 0.391 e. The summed E-state index contributed by atoms with van der Waals surface area (Å²) >= 11 is 5.63. The molecule has 1 fully saturated rings. The van der Waals surface area contributed by atoms with Gasteiger partial charge in [0.05, 0.1) is 6.10 Å². The molecule has 3 unspecified atom stereocenters. The fourth-order valence-electron chi connectivity index (χ4n) is 1.38. The quantitative estimate of drug-likeness (QED) is 0.612. The zero-order chi connectivity index (χ0) is 9.30. The van der Waals surface area contributed by atoms with Gasteiger partial charge in [0.25, 0.3) is 0 Å². The summed E-state index contributed by atoms with van der Waals surface area (Å²) in [6.45, 7) is 4.63. The number of carbonyl (C=O) groups is 1. The van der Waals surface area contributed by atoms with Crippen LogP contribution in [0.15, 0.2) is 0 Å². The van der Waals surface area contributed by atoms with E-state index < -0.39 is 5.38 Å². The highest BCUT2D eigenvalue weighted by atomic mass is 35.5. The summed E-state index contributed by atoms with van der Waals surface area (Å²) in [5.41, 5.74) is 0. The molecule has 0 radical (unpaired) electrons.